The second kappa shape index (κ2) is 7.58. The number of benzene rings is 2. The Kier molecular flexibility index (Phi) is 4.83. The van der Waals surface area contributed by atoms with E-state index in [0.717, 1.165) is 18.7 Å². The molecule has 27 heavy (non-hydrogen) atoms. The standard InChI is InChI=1S/C22H22N4O/c1-16-13-18-9-5-6-10-20(18)26(16)21-15-24-19(14-25-21)22(27)23-12-11-17-7-3-2-4-8-17/h2-10,14-16H,11-13H2,1H3,(H,23,27). The van der Waals surface area contributed by atoms with Crippen LogP contribution in [0.15, 0.2) is 67.0 Å². The maximum absolute atomic E-state index is 12.3. The van der Waals surface area contributed by atoms with Gasteiger partial charge in [-0.2, -0.15) is 0 Å². The Morgan fingerprint density at radius 3 is 2.63 bits per heavy atom. The third-order valence-corrected chi connectivity index (χ3v) is 4.87. The molecule has 1 aliphatic rings. The molecule has 0 saturated heterocycles. The molecule has 136 valence electrons. The summed E-state index contributed by atoms with van der Waals surface area (Å²) in [6, 6.07) is 18.7. The first-order valence-corrected chi connectivity index (χ1v) is 9.23. The number of rotatable bonds is 5. The molecule has 0 bridgehead atoms. The van der Waals surface area contributed by atoms with E-state index in [1.807, 2.05) is 24.3 Å². The van der Waals surface area contributed by atoms with E-state index in [2.05, 4.69) is 57.4 Å². The summed E-state index contributed by atoms with van der Waals surface area (Å²) in [5.41, 5.74) is 4.02. The van der Waals surface area contributed by atoms with E-state index < -0.39 is 0 Å². The van der Waals surface area contributed by atoms with Gasteiger partial charge >= 0.3 is 0 Å². The molecule has 0 spiro atoms. The maximum Gasteiger partial charge on any atom is 0.271 e. The van der Waals surface area contributed by atoms with Crippen molar-refractivity contribution in [2.45, 2.75) is 25.8 Å². The predicted octanol–water partition coefficient (Wildman–Crippen LogP) is 3.53. The molecule has 1 aromatic heterocycles. The fraction of sp³-hybridized carbons (Fsp3) is 0.227. The molecule has 1 amide bonds. The molecule has 0 saturated carbocycles. The molecule has 2 aromatic carbocycles. The summed E-state index contributed by atoms with van der Waals surface area (Å²) in [6.45, 7) is 2.74. The molecule has 1 unspecified atom stereocenters. The number of aromatic nitrogens is 2. The summed E-state index contributed by atoms with van der Waals surface area (Å²) < 4.78 is 0. The number of para-hydroxylation sites is 1. The lowest BCUT2D eigenvalue weighted by atomic mass is 10.1. The quantitative estimate of drug-likeness (QED) is 0.758. The number of nitrogens with zero attached hydrogens (tertiary/aromatic N) is 3. The van der Waals surface area contributed by atoms with Crippen molar-refractivity contribution in [1.82, 2.24) is 15.3 Å². The molecule has 4 rings (SSSR count). The Bertz CT molecular complexity index is 925. The van der Waals surface area contributed by atoms with Crippen LogP contribution in [0.5, 0.6) is 0 Å². The van der Waals surface area contributed by atoms with Crippen LogP contribution in [0.25, 0.3) is 0 Å². The van der Waals surface area contributed by atoms with E-state index in [9.17, 15) is 4.79 Å². The van der Waals surface area contributed by atoms with Gasteiger partial charge < -0.3 is 10.2 Å². The number of fused-ring (bicyclic) bond motifs is 1. The lowest BCUT2D eigenvalue weighted by Gasteiger charge is -2.23. The van der Waals surface area contributed by atoms with Crippen LogP contribution in [0.2, 0.25) is 0 Å². The lowest BCUT2D eigenvalue weighted by Crippen LogP contribution is -2.28. The minimum atomic E-state index is -0.195. The highest BCUT2D eigenvalue weighted by molar-refractivity contribution is 5.92. The van der Waals surface area contributed by atoms with Gasteiger partial charge in [0.15, 0.2) is 5.82 Å². The highest BCUT2D eigenvalue weighted by Gasteiger charge is 2.27. The predicted molar refractivity (Wildman–Crippen MR) is 106 cm³/mol. The Labute approximate surface area is 159 Å². The van der Waals surface area contributed by atoms with Crippen LogP contribution in [-0.4, -0.2) is 28.5 Å². The van der Waals surface area contributed by atoms with E-state index in [4.69, 9.17) is 0 Å². The molecule has 5 nitrogen and oxygen atoms in total. The summed E-state index contributed by atoms with van der Waals surface area (Å²) in [6.07, 6.45) is 5.02. The summed E-state index contributed by atoms with van der Waals surface area (Å²) in [5.74, 6) is 0.577. The zero-order valence-electron chi connectivity index (χ0n) is 15.3. The van der Waals surface area contributed by atoms with Crippen LogP contribution in [0.4, 0.5) is 11.5 Å². The lowest BCUT2D eigenvalue weighted by molar-refractivity contribution is 0.0949. The first-order chi connectivity index (χ1) is 13.2. The van der Waals surface area contributed by atoms with Crippen LogP contribution >= 0.6 is 0 Å². The second-order valence-corrected chi connectivity index (χ2v) is 6.80. The van der Waals surface area contributed by atoms with E-state index in [-0.39, 0.29) is 5.91 Å². The van der Waals surface area contributed by atoms with Gasteiger partial charge in [-0.05, 0) is 37.0 Å². The van der Waals surface area contributed by atoms with Crippen molar-refractivity contribution in [3.8, 4) is 0 Å². The number of hydrogen-bond donors (Lipinski definition) is 1. The topological polar surface area (TPSA) is 58.1 Å². The maximum atomic E-state index is 12.3. The first kappa shape index (κ1) is 17.2. The van der Waals surface area contributed by atoms with Crippen molar-refractivity contribution in [3.63, 3.8) is 0 Å². The number of anilines is 2. The van der Waals surface area contributed by atoms with Crippen LogP contribution in [0.3, 0.4) is 0 Å². The number of carbonyl (C=O) groups is 1. The molecule has 0 radical (unpaired) electrons. The molecule has 0 fully saturated rings. The van der Waals surface area contributed by atoms with Gasteiger partial charge in [0, 0.05) is 18.3 Å². The zero-order valence-corrected chi connectivity index (χ0v) is 15.3. The molecule has 1 N–H and O–H groups in total. The van der Waals surface area contributed by atoms with Crippen molar-refractivity contribution in [3.05, 3.63) is 83.8 Å². The fourth-order valence-electron chi connectivity index (χ4n) is 3.53. The van der Waals surface area contributed by atoms with Crippen LogP contribution in [0.1, 0.15) is 28.5 Å². The number of hydrogen-bond acceptors (Lipinski definition) is 4. The number of amides is 1. The summed E-state index contributed by atoms with van der Waals surface area (Å²) in [5, 5.41) is 2.91. The molecule has 2 heterocycles. The molecule has 1 aliphatic heterocycles. The van der Waals surface area contributed by atoms with Gasteiger partial charge in [0.1, 0.15) is 5.69 Å². The molecular weight excluding hydrogens is 336 g/mol. The Morgan fingerprint density at radius 1 is 1.07 bits per heavy atom. The number of nitrogens with one attached hydrogen (secondary N) is 1. The van der Waals surface area contributed by atoms with Crippen LogP contribution < -0.4 is 10.2 Å². The Balaban J connectivity index is 1.41. The Morgan fingerprint density at radius 2 is 1.85 bits per heavy atom. The van der Waals surface area contributed by atoms with Crippen LogP contribution in [0, 0.1) is 0 Å². The van der Waals surface area contributed by atoms with Gasteiger partial charge in [0.25, 0.3) is 5.91 Å². The van der Waals surface area contributed by atoms with Gasteiger partial charge in [-0.3, -0.25) is 4.79 Å². The number of carbonyl (C=O) groups excluding carboxylic acids is 1. The van der Waals surface area contributed by atoms with Crippen molar-refractivity contribution >= 4 is 17.4 Å². The average Bonchev–Trinajstić information content (AvgIpc) is 3.04. The van der Waals surface area contributed by atoms with Gasteiger partial charge in [-0.25, -0.2) is 9.97 Å². The zero-order chi connectivity index (χ0) is 18.6. The average molecular weight is 358 g/mol. The first-order valence-electron chi connectivity index (χ1n) is 9.23. The van der Waals surface area contributed by atoms with Crippen molar-refractivity contribution < 1.29 is 4.79 Å². The Hall–Kier alpha value is -3.21. The highest BCUT2D eigenvalue weighted by atomic mass is 16.1. The summed E-state index contributed by atoms with van der Waals surface area (Å²) in [7, 11) is 0. The van der Waals surface area contributed by atoms with E-state index >= 15 is 0 Å². The molecule has 5 heteroatoms. The van der Waals surface area contributed by atoms with Gasteiger partial charge in [0.05, 0.1) is 12.4 Å². The monoisotopic (exact) mass is 358 g/mol. The highest BCUT2D eigenvalue weighted by Crippen LogP contribution is 2.36. The largest absolute Gasteiger partial charge is 0.350 e. The second-order valence-electron chi connectivity index (χ2n) is 6.80. The van der Waals surface area contributed by atoms with E-state index in [1.54, 1.807) is 12.4 Å². The molecule has 0 aliphatic carbocycles. The molecule has 3 aromatic rings. The summed E-state index contributed by atoms with van der Waals surface area (Å²) >= 11 is 0. The third kappa shape index (κ3) is 3.67. The normalized spacial score (nSPS) is 15.4. The fourth-order valence-corrected chi connectivity index (χ4v) is 3.53. The summed E-state index contributed by atoms with van der Waals surface area (Å²) in [4.78, 5) is 23.3. The van der Waals surface area contributed by atoms with Crippen LogP contribution in [-0.2, 0) is 12.8 Å². The molecule has 1 atom stereocenters. The molecular formula is C22H22N4O. The van der Waals surface area contributed by atoms with E-state index in [1.165, 1.54) is 16.8 Å². The van der Waals surface area contributed by atoms with Crippen molar-refractivity contribution in [1.29, 1.82) is 0 Å². The van der Waals surface area contributed by atoms with Gasteiger partial charge in [-0.15, -0.1) is 0 Å². The van der Waals surface area contributed by atoms with E-state index in [0.29, 0.717) is 18.3 Å². The third-order valence-electron chi connectivity index (χ3n) is 4.87. The van der Waals surface area contributed by atoms with Gasteiger partial charge in [0.2, 0.25) is 0 Å². The smallest absolute Gasteiger partial charge is 0.271 e. The minimum absolute atomic E-state index is 0.195. The SMILES string of the molecule is CC1Cc2ccccc2N1c1cnc(C(=O)NCCc2ccccc2)cn1. The minimum Gasteiger partial charge on any atom is -0.350 e. The van der Waals surface area contributed by atoms with Gasteiger partial charge in [-0.1, -0.05) is 48.5 Å². The van der Waals surface area contributed by atoms with Crippen molar-refractivity contribution in [2.24, 2.45) is 0 Å². The van der Waals surface area contributed by atoms with Crippen molar-refractivity contribution in [2.75, 3.05) is 11.4 Å².